The molecule has 2 aliphatic heterocycles. The minimum Gasteiger partial charge on any atom is -0.455 e. The van der Waals surface area contributed by atoms with Crippen LogP contribution in [0.5, 0.6) is 0 Å². The van der Waals surface area contributed by atoms with Gasteiger partial charge in [0.15, 0.2) is 0 Å². The van der Waals surface area contributed by atoms with Crippen LogP contribution in [0.3, 0.4) is 0 Å². The van der Waals surface area contributed by atoms with Crippen molar-refractivity contribution in [2.75, 3.05) is 9.80 Å². The van der Waals surface area contributed by atoms with Crippen LogP contribution < -0.4 is 26.2 Å². The van der Waals surface area contributed by atoms with Gasteiger partial charge < -0.3 is 14.2 Å². The Hall–Kier alpha value is -6.78. The van der Waals surface area contributed by atoms with E-state index in [2.05, 4.69) is 208 Å². The lowest BCUT2D eigenvalue weighted by molar-refractivity contribution is 0.590. The van der Waals surface area contributed by atoms with E-state index in [-0.39, 0.29) is 12.1 Å². The summed E-state index contributed by atoms with van der Waals surface area (Å²) in [5, 5.41) is 2.29. The van der Waals surface area contributed by atoms with Crippen LogP contribution in [0.25, 0.3) is 44.2 Å². The Morgan fingerprint density at radius 2 is 1.07 bits per heavy atom. The van der Waals surface area contributed by atoms with Gasteiger partial charge in [0.05, 0.1) is 5.69 Å². The Morgan fingerprint density at radius 1 is 0.466 bits per heavy atom. The molecular formula is C54H43BN2O. The molecule has 3 nitrogen and oxygen atoms in total. The summed E-state index contributed by atoms with van der Waals surface area (Å²) in [6.45, 7) is 11.4. The topological polar surface area (TPSA) is 19.6 Å². The number of furan rings is 1. The standard InChI is InChI=1S/C54H43BN2O/c1-34-21-28-47-44(31-34)55-45-32-35(2)22-29-48(45)57(46-30-25-38(54(3,4)5)33-43(46)36-13-7-6-8-14-36)50-19-12-18-49(52(50)55)56(47)39-26-23-37(24-27-39)40-16-11-17-42-41-15-9-10-20-51(41)58-53(40)42/h6-33H,1-5H3. The van der Waals surface area contributed by atoms with E-state index in [0.29, 0.717) is 0 Å². The lowest BCUT2D eigenvalue weighted by atomic mass is 9.33. The first kappa shape index (κ1) is 34.5. The van der Waals surface area contributed by atoms with Gasteiger partial charge in [0, 0.05) is 50.3 Å². The quantitative estimate of drug-likeness (QED) is 0.167. The summed E-state index contributed by atoms with van der Waals surface area (Å²) in [5.41, 5.74) is 21.5. The Balaban J connectivity index is 1.12. The molecule has 0 saturated carbocycles. The Kier molecular flexibility index (Phi) is 7.65. The lowest BCUT2D eigenvalue weighted by Gasteiger charge is -2.44. The highest BCUT2D eigenvalue weighted by Crippen LogP contribution is 2.47. The fourth-order valence-corrected chi connectivity index (χ4v) is 9.53. The Bertz CT molecular complexity index is 3080. The van der Waals surface area contributed by atoms with Crippen molar-refractivity contribution < 1.29 is 4.42 Å². The van der Waals surface area contributed by atoms with Gasteiger partial charge in [-0.15, -0.1) is 0 Å². The third kappa shape index (κ3) is 5.28. The van der Waals surface area contributed by atoms with Gasteiger partial charge in [-0.05, 0) is 107 Å². The minimum absolute atomic E-state index is 0.00613. The zero-order valence-electron chi connectivity index (χ0n) is 33.5. The Labute approximate surface area is 340 Å². The largest absolute Gasteiger partial charge is 0.455 e. The molecule has 58 heavy (non-hydrogen) atoms. The number of hydrogen-bond acceptors (Lipinski definition) is 3. The van der Waals surface area contributed by atoms with Crippen molar-refractivity contribution in [2.24, 2.45) is 0 Å². The molecule has 278 valence electrons. The van der Waals surface area contributed by atoms with Gasteiger partial charge in [-0.25, -0.2) is 0 Å². The summed E-state index contributed by atoms with van der Waals surface area (Å²) in [7, 11) is 0. The summed E-state index contributed by atoms with van der Waals surface area (Å²) in [5.74, 6) is 0. The first-order chi connectivity index (χ1) is 28.2. The number of benzene rings is 8. The molecule has 4 heteroatoms. The van der Waals surface area contributed by atoms with E-state index in [1.165, 1.54) is 72.6 Å². The second kappa shape index (κ2) is 12.9. The van der Waals surface area contributed by atoms with Crippen molar-refractivity contribution in [3.63, 3.8) is 0 Å². The monoisotopic (exact) mass is 746 g/mol. The van der Waals surface area contributed by atoms with Crippen LogP contribution in [0.15, 0.2) is 174 Å². The fourth-order valence-electron chi connectivity index (χ4n) is 9.53. The van der Waals surface area contributed by atoms with E-state index in [1.807, 2.05) is 6.07 Å². The molecule has 0 unspecified atom stereocenters. The first-order valence-electron chi connectivity index (χ1n) is 20.4. The van der Waals surface area contributed by atoms with Crippen molar-refractivity contribution in [1.29, 1.82) is 0 Å². The molecule has 3 heterocycles. The summed E-state index contributed by atoms with van der Waals surface area (Å²) in [4.78, 5) is 5.02. The van der Waals surface area contributed by atoms with Gasteiger partial charge in [0.1, 0.15) is 11.2 Å². The average molecular weight is 747 g/mol. The maximum atomic E-state index is 6.46. The smallest absolute Gasteiger partial charge is 0.252 e. The van der Waals surface area contributed by atoms with E-state index in [1.54, 1.807) is 0 Å². The summed E-state index contributed by atoms with van der Waals surface area (Å²) in [6.07, 6.45) is 0. The summed E-state index contributed by atoms with van der Waals surface area (Å²) >= 11 is 0. The van der Waals surface area contributed by atoms with Gasteiger partial charge in [0.25, 0.3) is 6.71 Å². The molecule has 0 atom stereocenters. The van der Waals surface area contributed by atoms with Crippen LogP contribution >= 0.6 is 0 Å². The zero-order chi connectivity index (χ0) is 39.3. The van der Waals surface area contributed by atoms with Crippen LogP contribution in [-0.4, -0.2) is 6.71 Å². The number of para-hydroxylation sites is 2. The van der Waals surface area contributed by atoms with Crippen LogP contribution in [0.2, 0.25) is 0 Å². The van der Waals surface area contributed by atoms with Crippen molar-refractivity contribution in [2.45, 2.75) is 40.0 Å². The predicted molar refractivity (Wildman–Crippen MR) is 247 cm³/mol. The number of rotatable bonds is 4. The highest BCUT2D eigenvalue weighted by molar-refractivity contribution is 7.00. The molecule has 11 rings (SSSR count). The number of hydrogen-bond donors (Lipinski definition) is 0. The van der Waals surface area contributed by atoms with Gasteiger partial charge in [0.2, 0.25) is 0 Å². The SMILES string of the molecule is Cc1ccc2c(c1)B1c3cc(C)ccc3N(c3ccc(C(C)(C)C)cc3-c3ccccc3)c3cccc(c31)N2c1ccc(-c2cccc3c2oc2ccccc23)cc1. The molecule has 0 radical (unpaired) electrons. The normalized spacial score (nSPS) is 13.2. The molecular weight excluding hydrogens is 703 g/mol. The van der Waals surface area contributed by atoms with Crippen LogP contribution in [0.4, 0.5) is 34.1 Å². The minimum atomic E-state index is 0.00613. The molecule has 2 aliphatic rings. The van der Waals surface area contributed by atoms with E-state index >= 15 is 0 Å². The third-order valence-electron chi connectivity index (χ3n) is 12.3. The van der Waals surface area contributed by atoms with Crippen LogP contribution in [-0.2, 0) is 5.41 Å². The highest BCUT2D eigenvalue weighted by Gasteiger charge is 2.43. The summed E-state index contributed by atoms with van der Waals surface area (Å²) in [6, 6.07) is 62.7. The van der Waals surface area contributed by atoms with E-state index in [4.69, 9.17) is 4.42 Å². The van der Waals surface area contributed by atoms with Gasteiger partial charge in [-0.1, -0.05) is 147 Å². The molecule has 0 saturated heterocycles. The molecule has 8 aromatic carbocycles. The average Bonchev–Trinajstić information content (AvgIpc) is 3.63. The van der Waals surface area contributed by atoms with E-state index in [9.17, 15) is 0 Å². The molecule has 0 bridgehead atoms. The van der Waals surface area contributed by atoms with Gasteiger partial charge in [-0.2, -0.15) is 0 Å². The van der Waals surface area contributed by atoms with Crippen LogP contribution in [0, 0.1) is 13.8 Å². The molecule has 0 fully saturated rings. The second-order valence-corrected chi connectivity index (χ2v) is 17.1. The second-order valence-electron chi connectivity index (χ2n) is 17.1. The lowest BCUT2D eigenvalue weighted by Crippen LogP contribution is -2.61. The summed E-state index contributed by atoms with van der Waals surface area (Å²) < 4.78 is 6.46. The van der Waals surface area contributed by atoms with Crippen molar-refractivity contribution in [3.05, 3.63) is 187 Å². The molecule has 0 N–H and O–H groups in total. The van der Waals surface area contributed by atoms with Crippen molar-refractivity contribution >= 4 is 79.2 Å². The number of nitrogens with zero attached hydrogens (tertiary/aromatic N) is 2. The number of fused-ring (bicyclic) bond motifs is 7. The predicted octanol–water partition coefficient (Wildman–Crippen LogP) is 12.9. The van der Waals surface area contributed by atoms with Crippen molar-refractivity contribution in [1.82, 2.24) is 0 Å². The molecule has 1 aromatic heterocycles. The van der Waals surface area contributed by atoms with Crippen LogP contribution in [0.1, 0.15) is 37.5 Å². The van der Waals surface area contributed by atoms with Crippen molar-refractivity contribution in [3.8, 4) is 22.3 Å². The molecule has 9 aromatic rings. The maximum Gasteiger partial charge on any atom is 0.252 e. The third-order valence-corrected chi connectivity index (χ3v) is 12.3. The molecule has 0 amide bonds. The van der Waals surface area contributed by atoms with E-state index in [0.717, 1.165) is 38.8 Å². The highest BCUT2D eigenvalue weighted by atomic mass is 16.3. The zero-order valence-corrected chi connectivity index (χ0v) is 33.5. The van der Waals surface area contributed by atoms with E-state index < -0.39 is 0 Å². The number of aryl methyl sites for hydroxylation is 2. The number of anilines is 6. The van der Waals surface area contributed by atoms with Gasteiger partial charge in [-0.3, -0.25) is 0 Å². The fraction of sp³-hybridized carbons (Fsp3) is 0.111. The van der Waals surface area contributed by atoms with Gasteiger partial charge >= 0.3 is 0 Å². The maximum absolute atomic E-state index is 6.46. The first-order valence-corrected chi connectivity index (χ1v) is 20.4. The molecule has 0 spiro atoms. The Morgan fingerprint density at radius 3 is 1.79 bits per heavy atom. The molecule has 0 aliphatic carbocycles.